The Bertz CT molecular complexity index is 587. The predicted molar refractivity (Wildman–Crippen MR) is 87.9 cm³/mol. The molecule has 0 radical (unpaired) electrons. The SMILES string of the molecule is COc1ccc(SCC(N)C(=O)OCc2ccccc2)cc1. The summed E-state index contributed by atoms with van der Waals surface area (Å²) in [7, 11) is 1.63. The zero-order valence-corrected chi connectivity index (χ0v) is 13.2. The van der Waals surface area contributed by atoms with E-state index in [1.54, 1.807) is 7.11 Å². The van der Waals surface area contributed by atoms with Gasteiger partial charge < -0.3 is 15.2 Å². The molecule has 22 heavy (non-hydrogen) atoms. The third-order valence-electron chi connectivity index (χ3n) is 3.02. The molecule has 116 valence electrons. The smallest absolute Gasteiger partial charge is 0.324 e. The van der Waals surface area contributed by atoms with E-state index in [4.69, 9.17) is 15.2 Å². The van der Waals surface area contributed by atoms with Crippen molar-refractivity contribution in [2.75, 3.05) is 12.9 Å². The number of rotatable bonds is 7. The van der Waals surface area contributed by atoms with Gasteiger partial charge in [0.1, 0.15) is 18.4 Å². The topological polar surface area (TPSA) is 61.5 Å². The van der Waals surface area contributed by atoms with Crippen LogP contribution in [0.2, 0.25) is 0 Å². The maximum absolute atomic E-state index is 11.9. The molecule has 0 aromatic heterocycles. The summed E-state index contributed by atoms with van der Waals surface area (Å²) in [4.78, 5) is 12.9. The van der Waals surface area contributed by atoms with Gasteiger partial charge in [-0.25, -0.2) is 0 Å². The van der Waals surface area contributed by atoms with Gasteiger partial charge in [0.2, 0.25) is 0 Å². The minimum absolute atomic E-state index is 0.251. The number of carbonyl (C=O) groups is 1. The van der Waals surface area contributed by atoms with Crippen LogP contribution < -0.4 is 10.5 Å². The Balaban J connectivity index is 1.76. The van der Waals surface area contributed by atoms with Gasteiger partial charge in [-0.1, -0.05) is 30.3 Å². The van der Waals surface area contributed by atoms with Crippen LogP contribution in [0, 0.1) is 0 Å². The van der Waals surface area contributed by atoms with Crippen molar-refractivity contribution in [2.24, 2.45) is 5.73 Å². The standard InChI is InChI=1S/C17H19NO3S/c1-20-14-7-9-15(10-8-14)22-12-16(18)17(19)21-11-13-5-3-2-4-6-13/h2-10,16H,11-12,18H2,1H3. The summed E-state index contributed by atoms with van der Waals surface area (Å²) in [5.74, 6) is 0.890. The van der Waals surface area contributed by atoms with E-state index in [0.29, 0.717) is 5.75 Å². The van der Waals surface area contributed by atoms with Gasteiger partial charge in [0.25, 0.3) is 0 Å². The Hall–Kier alpha value is -1.98. The van der Waals surface area contributed by atoms with Crippen LogP contribution in [0.25, 0.3) is 0 Å². The van der Waals surface area contributed by atoms with Crippen LogP contribution in [-0.2, 0) is 16.1 Å². The van der Waals surface area contributed by atoms with Crippen molar-refractivity contribution in [3.8, 4) is 5.75 Å². The molecule has 0 amide bonds. The molecule has 5 heteroatoms. The number of hydrogen-bond acceptors (Lipinski definition) is 5. The first kappa shape index (κ1) is 16.4. The fourth-order valence-electron chi connectivity index (χ4n) is 1.76. The van der Waals surface area contributed by atoms with Crippen molar-refractivity contribution >= 4 is 17.7 Å². The molecule has 1 atom stereocenters. The quantitative estimate of drug-likeness (QED) is 0.628. The second-order valence-electron chi connectivity index (χ2n) is 4.69. The van der Waals surface area contributed by atoms with E-state index in [1.165, 1.54) is 11.8 Å². The molecule has 0 aliphatic rings. The monoisotopic (exact) mass is 317 g/mol. The van der Waals surface area contributed by atoms with E-state index in [0.717, 1.165) is 16.2 Å². The molecule has 0 spiro atoms. The van der Waals surface area contributed by atoms with E-state index in [1.807, 2.05) is 54.6 Å². The zero-order valence-electron chi connectivity index (χ0n) is 12.4. The number of nitrogens with two attached hydrogens (primary N) is 1. The average Bonchev–Trinajstić information content (AvgIpc) is 2.58. The number of esters is 1. The first-order valence-corrected chi connectivity index (χ1v) is 7.90. The van der Waals surface area contributed by atoms with Crippen LogP contribution in [0.5, 0.6) is 5.75 Å². The number of hydrogen-bond donors (Lipinski definition) is 1. The molecule has 0 aliphatic carbocycles. The molecule has 1 unspecified atom stereocenters. The van der Waals surface area contributed by atoms with E-state index in [9.17, 15) is 4.79 Å². The maximum Gasteiger partial charge on any atom is 0.324 e. The summed E-state index contributed by atoms with van der Waals surface area (Å²) in [6.45, 7) is 0.251. The van der Waals surface area contributed by atoms with Gasteiger partial charge in [-0.05, 0) is 29.8 Å². The van der Waals surface area contributed by atoms with Gasteiger partial charge in [0, 0.05) is 10.6 Å². The van der Waals surface area contributed by atoms with Gasteiger partial charge in [-0.3, -0.25) is 4.79 Å². The maximum atomic E-state index is 11.9. The van der Waals surface area contributed by atoms with Crippen molar-refractivity contribution in [3.05, 3.63) is 60.2 Å². The third-order valence-corrected chi connectivity index (χ3v) is 4.15. The van der Waals surface area contributed by atoms with Crippen molar-refractivity contribution in [1.82, 2.24) is 0 Å². The van der Waals surface area contributed by atoms with E-state index in [-0.39, 0.29) is 12.6 Å². The van der Waals surface area contributed by atoms with E-state index < -0.39 is 6.04 Å². The normalized spacial score (nSPS) is 11.7. The van der Waals surface area contributed by atoms with E-state index >= 15 is 0 Å². The minimum atomic E-state index is -0.643. The Morgan fingerprint density at radius 1 is 1.14 bits per heavy atom. The Morgan fingerprint density at radius 3 is 2.45 bits per heavy atom. The van der Waals surface area contributed by atoms with Gasteiger partial charge in [-0.15, -0.1) is 11.8 Å². The van der Waals surface area contributed by atoms with E-state index in [2.05, 4.69) is 0 Å². The van der Waals surface area contributed by atoms with Crippen molar-refractivity contribution < 1.29 is 14.3 Å². The molecule has 0 bridgehead atoms. The van der Waals surface area contributed by atoms with Crippen LogP contribution >= 0.6 is 11.8 Å². The lowest BCUT2D eigenvalue weighted by atomic mass is 10.2. The second-order valence-corrected chi connectivity index (χ2v) is 5.78. The van der Waals surface area contributed by atoms with Gasteiger partial charge in [-0.2, -0.15) is 0 Å². The Morgan fingerprint density at radius 2 is 1.82 bits per heavy atom. The highest BCUT2D eigenvalue weighted by Crippen LogP contribution is 2.21. The zero-order chi connectivity index (χ0) is 15.8. The highest BCUT2D eigenvalue weighted by molar-refractivity contribution is 7.99. The molecule has 2 rings (SSSR count). The number of thioether (sulfide) groups is 1. The molecule has 2 N–H and O–H groups in total. The summed E-state index contributed by atoms with van der Waals surface area (Å²) < 4.78 is 10.3. The molecule has 4 nitrogen and oxygen atoms in total. The largest absolute Gasteiger partial charge is 0.497 e. The van der Waals surface area contributed by atoms with Crippen LogP contribution in [0.1, 0.15) is 5.56 Å². The molecule has 0 heterocycles. The molecule has 0 saturated carbocycles. The lowest BCUT2D eigenvalue weighted by Crippen LogP contribution is -2.34. The molecule has 2 aromatic carbocycles. The molecular formula is C17H19NO3S. The molecule has 0 saturated heterocycles. The van der Waals surface area contributed by atoms with Crippen molar-refractivity contribution in [2.45, 2.75) is 17.5 Å². The van der Waals surface area contributed by atoms with Gasteiger partial charge >= 0.3 is 5.97 Å². The lowest BCUT2D eigenvalue weighted by molar-refractivity contribution is -0.145. The third kappa shape index (κ3) is 5.09. The fourth-order valence-corrected chi connectivity index (χ4v) is 2.60. The molecule has 0 fully saturated rings. The van der Waals surface area contributed by atoms with Crippen LogP contribution in [0.3, 0.4) is 0 Å². The summed E-state index contributed by atoms with van der Waals surface area (Å²) in [5, 5.41) is 0. The first-order valence-electron chi connectivity index (χ1n) is 6.92. The summed E-state index contributed by atoms with van der Waals surface area (Å²) in [5.41, 5.74) is 6.82. The first-order chi connectivity index (χ1) is 10.7. The average molecular weight is 317 g/mol. The predicted octanol–water partition coefficient (Wildman–Crippen LogP) is 2.86. The molecular weight excluding hydrogens is 298 g/mol. The highest BCUT2D eigenvalue weighted by atomic mass is 32.2. The lowest BCUT2D eigenvalue weighted by Gasteiger charge is -2.11. The fraction of sp³-hybridized carbons (Fsp3) is 0.235. The Labute approximate surface area is 134 Å². The van der Waals surface area contributed by atoms with Crippen molar-refractivity contribution in [1.29, 1.82) is 0 Å². The number of benzene rings is 2. The van der Waals surface area contributed by atoms with Crippen LogP contribution in [-0.4, -0.2) is 24.9 Å². The summed E-state index contributed by atoms with van der Waals surface area (Å²) >= 11 is 1.52. The number of carbonyl (C=O) groups excluding carboxylic acids is 1. The van der Waals surface area contributed by atoms with Crippen LogP contribution in [0.4, 0.5) is 0 Å². The van der Waals surface area contributed by atoms with Gasteiger partial charge in [0.05, 0.1) is 7.11 Å². The van der Waals surface area contributed by atoms with Crippen LogP contribution in [0.15, 0.2) is 59.5 Å². The molecule has 2 aromatic rings. The minimum Gasteiger partial charge on any atom is -0.497 e. The summed E-state index contributed by atoms with van der Waals surface area (Å²) in [6, 6.07) is 16.5. The highest BCUT2D eigenvalue weighted by Gasteiger charge is 2.15. The summed E-state index contributed by atoms with van der Waals surface area (Å²) in [6.07, 6.45) is 0. The molecule has 0 aliphatic heterocycles. The van der Waals surface area contributed by atoms with Crippen molar-refractivity contribution in [3.63, 3.8) is 0 Å². The van der Waals surface area contributed by atoms with Gasteiger partial charge in [0.15, 0.2) is 0 Å². The number of ether oxygens (including phenoxy) is 2. The second kappa shape index (κ2) is 8.46. The number of methoxy groups -OCH3 is 1. The Kier molecular flexibility index (Phi) is 6.30.